The maximum absolute atomic E-state index is 12.5. The molecular formula is C23H25N3O2. The van der Waals surface area contributed by atoms with Crippen LogP contribution in [0.4, 0.5) is 5.69 Å². The molecule has 3 aromatic rings. The first-order valence-corrected chi connectivity index (χ1v) is 9.74. The summed E-state index contributed by atoms with van der Waals surface area (Å²) in [5, 5.41) is 4.72. The van der Waals surface area contributed by atoms with Crippen molar-refractivity contribution in [2.45, 2.75) is 25.7 Å². The Balaban J connectivity index is 1.55. The quantitative estimate of drug-likeness (QED) is 0.504. The highest BCUT2D eigenvalue weighted by Gasteiger charge is 2.23. The number of anilines is 1. The Morgan fingerprint density at radius 3 is 2.68 bits per heavy atom. The van der Waals surface area contributed by atoms with Gasteiger partial charge in [-0.2, -0.15) is 0 Å². The van der Waals surface area contributed by atoms with Crippen molar-refractivity contribution in [1.82, 2.24) is 9.88 Å². The van der Waals surface area contributed by atoms with Crippen molar-refractivity contribution in [2.75, 3.05) is 26.0 Å². The van der Waals surface area contributed by atoms with E-state index < -0.39 is 0 Å². The lowest BCUT2D eigenvalue weighted by Gasteiger charge is -2.10. The number of benzene rings is 2. The van der Waals surface area contributed by atoms with Crippen LogP contribution in [-0.4, -0.2) is 36.4 Å². The first-order chi connectivity index (χ1) is 13.5. The fourth-order valence-corrected chi connectivity index (χ4v) is 3.92. The molecule has 5 heteroatoms. The Bertz CT molecular complexity index is 1100. The smallest absolute Gasteiger partial charge is 0.256 e. The van der Waals surface area contributed by atoms with E-state index in [1.807, 2.05) is 56.6 Å². The molecule has 0 spiro atoms. The predicted molar refractivity (Wildman–Crippen MR) is 114 cm³/mol. The molecule has 4 rings (SSSR count). The molecule has 0 radical (unpaired) electrons. The summed E-state index contributed by atoms with van der Waals surface area (Å²) in [4.78, 5) is 29.9. The topological polar surface area (TPSA) is 65.2 Å². The summed E-state index contributed by atoms with van der Waals surface area (Å²) in [6, 6.07) is 13.7. The molecule has 1 aliphatic rings. The molecule has 0 saturated heterocycles. The zero-order valence-corrected chi connectivity index (χ0v) is 16.3. The van der Waals surface area contributed by atoms with Crippen LogP contribution in [0.15, 0.2) is 47.3 Å². The summed E-state index contributed by atoms with van der Waals surface area (Å²) in [5.74, 6) is 0.0314. The van der Waals surface area contributed by atoms with Gasteiger partial charge in [0.05, 0.1) is 5.69 Å². The Labute approximate surface area is 164 Å². The molecule has 28 heavy (non-hydrogen) atoms. The van der Waals surface area contributed by atoms with Crippen molar-refractivity contribution in [3.63, 3.8) is 0 Å². The lowest BCUT2D eigenvalue weighted by atomic mass is 10.0. The van der Waals surface area contributed by atoms with Crippen LogP contribution < -0.4 is 10.9 Å². The first-order valence-electron chi connectivity index (χ1n) is 9.74. The van der Waals surface area contributed by atoms with Gasteiger partial charge in [0.15, 0.2) is 0 Å². The second-order valence-electron chi connectivity index (χ2n) is 7.71. The van der Waals surface area contributed by atoms with E-state index in [0.717, 1.165) is 59.1 Å². The van der Waals surface area contributed by atoms with E-state index in [-0.39, 0.29) is 11.5 Å². The number of nitrogens with zero attached hydrogens (tertiary/aromatic N) is 1. The SMILES string of the molecule is CN(C)CCCCC(=O)Nc1ccc2c(c1)-c1[nH]c(=O)c3ccccc3c1C2. The normalized spacial score (nSPS) is 12.2. The minimum atomic E-state index is -0.0717. The summed E-state index contributed by atoms with van der Waals surface area (Å²) in [7, 11) is 4.08. The van der Waals surface area contributed by atoms with Crippen LogP contribution in [0.2, 0.25) is 0 Å². The molecule has 0 unspecified atom stereocenters. The number of aromatic amines is 1. The molecule has 0 fully saturated rings. The average Bonchev–Trinajstić information content (AvgIpc) is 3.03. The van der Waals surface area contributed by atoms with Crippen LogP contribution in [0.25, 0.3) is 22.0 Å². The van der Waals surface area contributed by atoms with Gasteiger partial charge in [-0.3, -0.25) is 9.59 Å². The summed E-state index contributed by atoms with van der Waals surface area (Å²) in [6.45, 7) is 0.990. The van der Waals surface area contributed by atoms with Crippen molar-refractivity contribution >= 4 is 22.4 Å². The van der Waals surface area contributed by atoms with E-state index in [1.54, 1.807) is 0 Å². The number of pyridine rings is 1. The van der Waals surface area contributed by atoms with Gasteiger partial charge in [-0.25, -0.2) is 0 Å². The third-order valence-corrected chi connectivity index (χ3v) is 5.33. The van der Waals surface area contributed by atoms with Crippen molar-refractivity contribution in [3.8, 4) is 11.3 Å². The maximum Gasteiger partial charge on any atom is 0.256 e. The minimum Gasteiger partial charge on any atom is -0.326 e. The van der Waals surface area contributed by atoms with Crippen molar-refractivity contribution in [3.05, 3.63) is 63.9 Å². The second-order valence-corrected chi connectivity index (χ2v) is 7.71. The van der Waals surface area contributed by atoms with Gasteiger partial charge < -0.3 is 15.2 Å². The number of hydrogen-bond acceptors (Lipinski definition) is 3. The molecule has 0 atom stereocenters. The maximum atomic E-state index is 12.5. The molecule has 0 saturated carbocycles. The number of H-pyrrole nitrogens is 1. The van der Waals surface area contributed by atoms with E-state index in [1.165, 1.54) is 5.56 Å². The number of aromatic nitrogens is 1. The fraction of sp³-hybridized carbons (Fsp3) is 0.304. The van der Waals surface area contributed by atoms with Crippen LogP contribution in [0.1, 0.15) is 30.4 Å². The molecule has 2 N–H and O–H groups in total. The number of carbonyl (C=O) groups excluding carboxylic acids is 1. The molecule has 5 nitrogen and oxygen atoms in total. The van der Waals surface area contributed by atoms with E-state index in [4.69, 9.17) is 0 Å². The van der Waals surface area contributed by atoms with Gasteiger partial charge in [-0.05, 0) is 68.2 Å². The van der Waals surface area contributed by atoms with Gasteiger partial charge in [0.2, 0.25) is 5.91 Å². The van der Waals surface area contributed by atoms with E-state index in [9.17, 15) is 9.59 Å². The third kappa shape index (κ3) is 3.58. The standard InChI is InChI=1S/C23H25N3O2/c1-26(2)12-6-5-9-21(27)24-16-11-10-15-13-20-17-7-3-4-8-18(17)23(28)25-22(20)19(15)14-16/h3-4,7-8,10-11,14H,5-6,9,12-13H2,1-2H3,(H,24,27)(H,25,28). The number of carbonyl (C=O) groups is 1. The number of fused-ring (bicyclic) bond motifs is 5. The van der Waals surface area contributed by atoms with Crippen molar-refractivity contribution in [1.29, 1.82) is 0 Å². The highest BCUT2D eigenvalue weighted by Crippen LogP contribution is 2.39. The monoisotopic (exact) mass is 375 g/mol. The lowest BCUT2D eigenvalue weighted by Crippen LogP contribution is -2.15. The summed E-state index contributed by atoms with van der Waals surface area (Å²) in [5.41, 5.74) is 4.91. The van der Waals surface area contributed by atoms with Crippen molar-refractivity contribution < 1.29 is 4.79 Å². The number of rotatable bonds is 6. The summed E-state index contributed by atoms with van der Waals surface area (Å²) >= 11 is 0. The molecule has 1 heterocycles. The molecule has 1 aromatic heterocycles. The van der Waals surface area contributed by atoms with Gasteiger partial charge in [-0.15, -0.1) is 0 Å². The number of nitrogens with one attached hydrogen (secondary N) is 2. The zero-order valence-electron chi connectivity index (χ0n) is 16.3. The molecule has 0 bridgehead atoms. The molecule has 0 aliphatic heterocycles. The van der Waals surface area contributed by atoms with Crippen LogP contribution >= 0.6 is 0 Å². The van der Waals surface area contributed by atoms with Gasteiger partial charge in [-0.1, -0.05) is 24.3 Å². The third-order valence-electron chi connectivity index (χ3n) is 5.33. The Kier molecular flexibility index (Phi) is 5.01. The summed E-state index contributed by atoms with van der Waals surface area (Å²) in [6.07, 6.45) is 3.19. The van der Waals surface area contributed by atoms with Crippen LogP contribution in [0.5, 0.6) is 0 Å². The molecule has 2 aromatic carbocycles. The zero-order chi connectivity index (χ0) is 19.7. The highest BCUT2D eigenvalue weighted by molar-refractivity contribution is 5.95. The highest BCUT2D eigenvalue weighted by atomic mass is 16.1. The number of unbranched alkanes of at least 4 members (excludes halogenated alkanes) is 1. The van der Waals surface area contributed by atoms with Gasteiger partial charge in [0, 0.05) is 29.5 Å². The van der Waals surface area contributed by atoms with Crippen LogP contribution in [0, 0.1) is 0 Å². The van der Waals surface area contributed by atoms with Gasteiger partial charge in [0.1, 0.15) is 0 Å². The van der Waals surface area contributed by atoms with E-state index in [2.05, 4.69) is 15.2 Å². The second kappa shape index (κ2) is 7.60. The average molecular weight is 375 g/mol. The Morgan fingerprint density at radius 2 is 1.89 bits per heavy atom. The van der Waals surface area contributed by atoms with Crippen LogP contribution in [-0.2, 0) is 11.2 Å². The fourth-order valence-electron chi connectivity index (χ4n) is 3.92. The Hall–Kier alpha value is -2.92. The minimum absolute atomic E-state index is 0.0314. The first kappa shape index (κ1) is 18.4. The Morgan fingerprint density at radius 1 is 1.11 bits per heavy atom. The molecule has 1 aliphatic carbocycles. The number of amides is 1. The van der Waals surface area contributed by atoms with E-state index in [0.29, 0.717) is 6.42 Å². The molecule has 144 valence electrons. The predicted octanol–water partition coefficient (Wildman–Crippen LogP) is 3.77. The van der Waals surface area contributed by atoms with Crippen molar-refractivity contribution in [2.24, 2.45) is 0 Å². The molecule has 1 amide bonds. The molecular weight excluding hydrogens is 350 g/mol. The largest absolute Gasteiger partial charge is 0.326 e. The van der Waals surface area contributed by atoms with Crippen LogP contribution in [0.3, 0.4) is 0 Å². The lowest BCUT2D eigenvalue weighted by molar-refractivity contribution is -0.116. The van der Waals surface area contributed by atoms with Gasteiger partial charge >= 0.3 is 0 Å². The van der Waals surface area contributed by atoms with E-state index >= 15 is 0 Å². The summed E-state index contributed by atoms with van der Waals surface area (Å²) < 4.78 is 0. The van der Waals surface area contributed by atoms with Gasteiger partial charge in [0.25, 0.3) is 5.56 Å². The number of hydrogen-bond donors (Lipinski definition) is 2.